The zero-order chi connectivity index (χ0) is 15.9. The minimum absolute atomic E-state index is 0.0454. The van der Waals surface area contributed by atoms with Crippen LogP contribution in [0, 0.1) is 5.82 Å². The van der Waals surface area contributed by atoms with Crippen LogP contribution < -0.4 is 4.72 Å². The molecule has 1 aromatic rings. The standard InChI is InChI=1S/C13H16FNO5S/c1-2-3-7-20-8-6-15-21(18,19)12-9-10(13(16)17)4-5-11(12)14/h2,4-5,9,15H,1,3,6-8H2,(H,16,17). The highest BCUT2D eigenvalue weighted by Gasteiger charge is 2.20. The van der Waals surface area contributed by atoms with Gasteiger partial charge in [0, 0.05) is 6.54 Å². The molecule has 0 saturated heterocycles. The van der Waals surface area contributed by atoms with Crippen LogP contribution in [0.5, 0.6) is 0 Å². The van der Waals surface area contributed by atoms with Crippen molar-refractivity contribution in [2.24, 2.45) is 0 Å². The van der Waals surface area contributed by atoms with Crippen molar-refractivity contribution in [1.82, 2.24) is 4.72 Å². The highest BCUT2D eigenvalue weighted by molar-refractivity contribution is 7.89. The van der Waals surface area contributed by atoms with Gasteiger partial charge in [-0.1, -0.05) is 6.08 Å². The average molecular weight is 317 g/mol. The molecular formula is C13H16FNO5S. The monoisotopic (exact) mass is 317 g/mol. The number of sulfonamides is 1. The van der Waals surface area contributed by atoms with E-state index in [1.807, 2.05) is 0 Å². The summed E-state index contributed by atoms with van der Waals surface area (Å²) in [7, 11) is -4.13. The van der Waals surface area contributed by atoms with E-state index in [1.54, 1.807) is 6.08 Å². The lowest BCUT2D eigenvalue weighted by atomic mass is 10.2. The third-order valence-electron chi connectivity index (χ3n) is 2.47. The van der Waals surface area contributed by atoms with Crippen LogP contribution in [0.25, 0.3) is 0 Å². The minimum atomic E-state index is -4.13. The molecule has 0 unspecified atom stereocenters. The Labute approximate surface area is 122 Å². The van der Waals surface area contributed by atoms with Gasteiger partial charge in [0.25, 0.3) is 0 Å². The molecule has 0 aliphatic rings. The Kier molecular flexibility index (Phi) is 6.47. The van der Waals surface area contributed by atoms with E-state index < -0.39 is 26.7 Å². The Morgan fingerprint density at radius 1 is 1.43 bits per heavy atom. The summed E-state index contributed by atoms with van der Waals surface area (Å²) in [5.41, 5.74) is -0.306. The van der Waals surface area contributed by atoms with Crippen LogP contribution in [-0.2, 0) is 14.8 Å². The Bertz CT molecular complexity index is 615. The van der Waals surface area contributed by atoms with Gasteiger partial charge < -0.3 is 9.84 Å². The molecule has 0 bridgehead atoms. The number of nitrogens with one attached hydrogen (secondary N) is 1. The van der Waals surface area contributed by atoms with Crippen LogP contribution in [0.1, 0.15) is 16.8 Å². The van der Waals surface area contributed by atoms with Crippen LogP contribution in [0.3, 0.4) is 0 Å². The highest BCUT2D eigenvalue weighted by Crippen LogP contribution is 2.16. The predicted molar refractivity (Wildman–Crippen MR) is 74.2 cm³/mol. The molecule has 0 spiro atoms. The quantitative estimate of drug-likeness (QED) is 0.530. The number of ether oxygens (including phenoxy) is 1. The van der Waals surface area contributed by atoms with Gasteiger partial charge in [0.1, 0.15) is 10.7 Å². The molecule has 0 saturated carbocycles. The maximum Gasteiger partial charge on any atom is 0.335 e. The largest absolute Gasteiger partial charge is 0.478 e. The van der Waals surface area contributed by atoms with Gasteiger partial charge in [0.2, 0.25) is 10.0 Å². The number of carboxylic acid groups (broad SMARTS) is 1. The lowest BCUT2D eigenvalue weighted by Crippen LogP contribution is -2.28. The number of carboxylic acids is 1. The molecule has 0 heterocycles. The third-order valence-corrected chi connectivity index (χ3v) is 3.95. The van der Waals surface area contributed by atoms with Crippen molar-refractivity contribution >= 4 is 16.0 Å². The third kappa shape index (κ3) is 5.25. The second-order valence-electron chi connectivity index (χ2n) is 4.04. The molecule has 0 radical (unpaired) electrons. The molecule has 0 aliphatic heterocycles. The van der Waals surface area contributed by atoms with Crippen molar-refractivity contribution in [2.45, 2.75) is 11.3 Å². The summed E-state index contributed by atoms with van der Waals surface area (Å²) in [5, 5.41) is 8.80. The van der Waals surface area contributed by atoms with Gasteiger partial charge in [-0.25, -0.2) is 22.3 Å². The molecule has 1 aromatic carbocycles. The van der Waals surface area contributed by atoms with Gasteiger partial charge in [0.05, 0.1) is 18.8 Å². The van der Waals surface area contributed by atoms with Crippen molar-refractivity contribution in [3.63, 3.8) is 0 Å². The van der Waals surface area contributed by atoms with Crippen molar-refractivity contribution in [3.05, 3.63) is 42.2 Å². The maximum absolute atomic E-state index is 13.5. The van der Waals surface area contributed by atoms with Crippen LogP contribution in [0.15, 0.2) is 35.7 Å². The zero-order valence-corrected chi connectivity index (χ0v) is 12.0. The molecular weight excluding hydrogens is 301 g/mol. The van der Waals surface area contributed by atoms with E-state index in [0.717, 1.165) is 18.2 Å². The number of halogens is 1. The van der Waals surface area contributed by atoms with E-state index in [9.17, 15) is 17.6 Å². The van der Waals surface area contributed by atoms with Gasteiger partial charge >= 0.3 is 5.97 Å². The number of aromatic carboxylic acids is 1. The summed E-state index contributed by atoms with van der Waals surface area (Å²) in [6, 6.07) is 2.58. The van der Waals surface area contributed by atoms with E-state index in [2.05, 4.69) is 11.3 Å². The fraction of sp³-hybridized carbons (Fsp3) is 0.308. The maximum atomic E-state index is 13.5. The average Bonchev–Trinajstić information content (AvgIpc) is 2.42. The number of carbonyl (C=O) groups is 1. The molecule has 0 fully saturated rings. The summed E-state index contributed by atoms with van der Waals surface area (Å²) >= 11 is 0. The number of hydrogen-bond donors (Lipinski definition) is 2. The molecule has 0 aromatic heterocycles. The molecule has 0 aliphatic carbocycles. The van der Waals surface area contributed by atoms with Crippen molar-refractivity contribution in [2.75, 3.05) is 19.8 Å². The van der Waals surface area contributed by atoms with Crippen molar-refractivity contribution in [1.29, 1.82) is 0 Å². The van der Waals surface area contributed by atoms with E-state index in [-0.39, 0.29) is 18.7 Å². The molecule has 1 rings (SSSR count). The van der Waals surface area contributed by atoms with E-state index >= 15 is 0 Å². The van der Waals surface area contributed by atoms with Gasteiger partial charge in [-0.15, -0.1) is 6.58 Å². The molecule has 0 amide bonds. The fourth-order valence-electron chi connectivity index (χ4n) is 1.44. The van der Waals surface area contributed by atoms with Gasteiger partial charge in [-0.3, -0.25) is 0 Å². The molecule has 8 heteroatoms. The fourth-order valence-corrected chi connectivity index (χ4v) is 2.55. The lowest BCUT2D eigenvalue weighted by Gasteiger charge is -2.08. The van der Waals surface area contributed by atoms with Crippen LogP contribution in [-0.4, -0.2) is 39.3 Å². The van der Waals surface area contributed by atoms with Crippen LogP contribution in [0.2, 0.25) is 0 Å². The van der Waals surface area contributed by atoms with Gasteiger partial charge in [-0.05, 0) is 24.6 Å². The van der Waals surface area contributed by atoms with Gasteiger partial charge in [0.15, 0.2) is 0 Å². The first-order valence-corrected chi connectivity index (χ1v) is 7.58. The normalized spacial score (nSPS) is 11.3. The molecule has 21 heavy (non-hydrogen) atoms. The second kappa shape index (κ2) is 7.87. The molecule has 6 nitrogen and oxygen atoms in total. The van der Waals surface area contributed by atoms with Gasteiger partial charge in [-0.2, -0.15) is 0 Å². The lowest BCUT2D eigenvalue weighted by molar-refractivity contribution is 0.0696. The van der Waals surface area contributed by atoms with Crippen LogP contribution >= 0.6 is 0 Å². The number of rotatable bonds is 9. The summed E-state index contributed by atoms with van der Waals surface area (Å²) in [5.74, 6) is -2.35. The minimum Gasteiger partial charge on any atom is -0.478 e. The summed E-state index contributed by atoms with van der Waals surface area (Å²) in [4.78, 5) is 10.1. The Morgan fingerprint density at radius 2 is 2.14 bits per heavy atom. The first-order valence-electron chi connectivity index (χ1n) is 6.09. The summed E-state index contributed by atoms with van der Waals surface area (Å²) in [6.07, 6.45) is 2.30. The highest BCUT2D eigenvalue weighted by atomic mass is 32.2. The predicted octanol–water partition coefficient (Wildman–Crippen LogP) is 1.39. The van der Waals surface area contributed by atoms with E-state index in [0.29, 0.717) is 13.0 Å². The van der Waals surface area contributed by atoms with E-state index in [1.165, 1.54) is 0 Å². The first kappa shape index (κ1) is 17.3. The molecule has 2 N–H and O–H groups in total. The SMILES string of the molecule is C=CCCOCCNS(=O)(=O)c1cc(C(=O)O)ccc1F. The Balaban J connectivity index is 2.72. The summed E-state index contributed by atoms with van der Waals surface area (Å²) < 4.78 is 44.6. The first-order chi connectivity index (χ1) is 9.88. The van der Waals surface area contributed by atoms with E-state index in [4.69, 9.17) is 9.84 Å². The topological polar surface area (TPSA) is 92.7 Å². The van der Waals surface area contributed by atoms with Crippen molar-refractivity contribution in [3.8, 4) is 0 Å². The zero-order valence-electron chi connectivity index (χ0n) is 11.2. The number of benzene rings is 1. The van der Waals surface area contributed by atoms with Crippen molar-refractivity contribution < 1.29 is 27.4 Å². The van der Waals surface area contributed by atoms with Crippen LogP contribution in [0.4, 0.5) is 4.39 Å². The molecule has 116 valence electrons. The smallest absolute Gasteiger partial charge is 0.335 e. The Morgan fingerprint density at radius 3 is 2.76 bits per heavy atom. The number of hydrogen-bond acceptors (Lipinski definition) is 4. The summed E-state index contributed by atoms with van der Waals surface area (Å²) in [6.45, 7) is 3.99. The second-order valence-corrected chi connectivity index (χ2v) is 5.77. The molecule has 0 atom stereocenters. The Hall–Kier alpha value is -1.77.